The lowest BCUT2D eigenvalue weighted by Crippen LogP contribution is -2.18. The van der Waals surface area contributed by atoms with Crippen LogP contribution in [0.5, 0.6) is 11.5 Å². The fourth-order valence-electron chi connectivity index (χ4n) is 2.54. The predicted octanol–water partition coefficient (Wildman–Crippen LogP) is 4.97. The van der Waals surface area contributed by atoms with Crippen molar-refractivity contribution in [3.8, 4) is 11.5 Å². The first-order chi connectivity index (χ1) is 12.5. The normalized spacial score (nSPS) is 10.6. The number of rotatable bonds is 7. The van der Waals surface area contributed by atoms with Gasteiger partial charge in [0.1, 0.15) is 13.2 Å². The summed E-state index contributed by atoms with van der Waals surface area (Å²) in [7, 11) is 1.59. The molecule has 0 saturated carbocycles. The van der Waals surface area contributed by atoms with E-state index < -0.39 is 6.09 Å². The Labute approximate surface area is 154 Å². The van der Waals surface area contributed by atoms with Gasteiger partial charge in [0.15, 0.2) is 11.5 Å². The van der Waals surface area contributed by atoms with Gasteiger partial charge in [-0.05, 0) is 49.6 Å². The van der Waals surface area contributed by atoms with E-state index in [-0.39, 0.29) is 13.2 Å². The van der Waals surface area contributed by atoms with E-state index in [9.17, 15) is 4.79 Å². The molecule has 0 spiro atoms. The molecule has 0 aliphatic rings. The van der Waals surface area contributed by atoms with Crippen molar-refractivity contribution >= 4 is 17.9 Å². The largest absolute Gasteiger partial charge is 0.493 e. The molecule has 1 N–H and O–H groups in total. The minimum atomic E-state index is -0.499. The maximum atomic E-state index is 11.9. The fourth-order valence-corrected chi connectivity index (χ4v) is 2.54. The van der Waals surface area contributed by atoms with Crippen molar-refractivity contribution in [3.63, 3.8) is 0 Å². The molecule has 138 valence electrons. The van der Waals surface area contributed by atoms with E-state index in [1.807, 2.05) is 69.3 Å². The molecule has 0 heterocycles. The zero-order chi connectivity index (χ0) is 18.9. The van der Waals surface area contributed by atoms with Crippen LogP contribution in [0.2, 0.25) is 0 Å². The van der Waals surface area contributed by atoms with Crippen molar-refractivity contribution in [2.45, 2.75) is 20.8 Å². The third-order valence-electron chi connectivity index (χ3n) is 3.83. The first-order valence-corrected chi connectivity index (χ1v) is 8.48. The lowest BCUT2D eigenvalue weighted by atomic mass is 10.1. The maximum Gasteiger partial charge on any atom is 0.411 e. The van der Waals surface area contributed by atoms with Crippen LogP contribution in [0.25, 0.3) is 6.08 Å². The number of anilines is 1. The zero-order valence-corrected chi connectivity index (χ0v) is 15.7. The summed E-state index contributed by atoms with van der Waals surface area (Å²) in [5.41, 5.74) is 3.79. The van der Waals surface area contributed by atoms with Crippen molar-refractivity contribution in [3.05, 3.63) is 59.2 Å². The summed E-state index contributed by atoms with van der Waals surface area (Å²) < 4.78 is 16.2. The quantitative estimate of drug-likeness (QED) is 0.712. The summed E-state index contributed by atoms with van der Waals surface area (Å²) in [6.45, 7) is 6.21. The monoisotopic (exact) mass is 355 g/mol. The first kappa shape index (κ1) is 19.4. The molecule has 2 aromatic rings. The molecule has 0 aliphatic heterocycles. The van der Waals surface area contributed by atoms with Crippen LogP contribution in [0.1, 0.15) is 23.6 Å². The van der Waals surface area contributed by atoms with E-state index in [2.05, 4.69) is 5.32 Å². The van der Waals surface area contributed by atoms with Crippen LogP contribution in [0.4, 0.5) is 10.5 Å². The van der Waals surface area contributed by atoms with Gasteiger partial charge in [0.2, 0.25) is 0 Å². The van der Waals surface area contributed by atoms with E-state index in [1.165, 1.54) is 0 Å². The number of carbonyl (C=O) groups excluding carboxylic acids is 1. The number of hydrogen-bond donors (Lipinski definition) is 1. The molecule has 0 atom stereocenters. The van der Waals surface area contributed by atoms with Gasteiger partial charge in [0, 0.05) is 5.69 Å². The molecule has 0 aliphatic carbocycles. The lowest BCUT2D eigenvalue weighted by Gasteiger charge is -2.13. The molecule has 0 radical (unpaired) electrons. The average molecular weight is 355 g/mol. The number of amides is 1. The van der Waals surface area contributed by atoms with Gasteiger partial charge in [-0.2, -0.15) is 0 Å². The van der Waals surface area contributed by atoms with Gasteiger partial charge in [0.05, 0.1) is 7.11 Å². The second-order valence-corrected chi connectivity index (χ2v) is 5.79. The van der Waals surface area contributed by atoms with Crippen LogP contribution >= 0.6 is 0 Å². The number of aryl methyl sites for hydroxylation is 2. The minimum Gasteiger partial charge on any atom is -0.493 e. The first-order valence-electron chi connectivity index (χ1n) is 8.48. The molecule has 5 nitrogen and oxygen atoms in total. The summed E-state index contributed by atoms with van der Waals surface area (Å²) >= 11 is 0. The van der Waals surface area contributed by atoms with Crippen molar-refractivity contribution in [1.29, 1.82) is 0 Å². The number of allylic oxidation sites excluding steroid dienone is 1. The average Bonchev–Trinajstić information content (AvgIpc) is 2.63. The van der Waals surface area contributed by atoms with E-state index in [4.69, 9.17) is 14.2 Å². The Morgan fingerprint density at radius 1 is 1.08 bits per heavy atom. The number of ether oxygens (including phenoxy) is 3. The second kappa shape index (κ2) is 9.51. The van der Waals surface area contributed by atoms with Crippen molar-refractivity contribution < 1.29 is 19.0 Å². The van der Waals surface area contributed by atoms with E-state index in [0.29, 0.717) is 11.5 Å². The Hall–Kier alpha value is -2.95. The molecule has 26 heavy (non-hydrogen) atoms. The zero-order valence-electron chi connectivity index (χ0n) is 15.7. The van der Waals surface area contributed by atoms with Gasteiger partial charge in [-0.25, -0.2) is 4.79 Å². The third kappa shape index (κ3) is 5.28. The standard InChI is InChI=1S/C21H25NO4/c1-5-7-17-10-11-18(19(14-17)24-4)25-12-13-26-21(23)22-20-15(2)8-6-9-16(20)3/h5-11,14H,12-13H2,1-4H3,(H,22,23). The van der Waals surface area contributed by atoms with Crippen LogP contribution in [0.3, 0.4) is 0 Å². The lowest BCUT2D eigenvalue weighted by molar-refractivity contribution is 0.136. The summed E-state index contributed by atoms with van der Waals surface area (Å²) in [4.78, 5) is 11.9. The van der Waals surface area contributed by atoms with Crippen LogP contribution in [-0.4, -0.2) is 26.4 Å². The summed E-state index contributed by atoms with van der Waals surface area (Å²) in [5, 5.41) is 2.77. The van der Waals surface area contributed by atoms with Crippen LogP contribution in [-0.2, 0) is 4.74 Å². The van der Waals surface area contributed by atoms with E-state index in [1.54, 1.807) is 7.11 Å². The van der Waals surface area contributed by atoms with Gasteiger partial charge in [-0.15, -0.1) is 0 Å². The van der Waals surface area contributed by atoms with Crippen LogP contribution in [0, 0.1) is 13.8 Å². The molecule has 0 unspecified atom stereocenters. The second-order valence-electron chi connectivity index (χ2n) is 5.79. The molecular formula is C21H25NO4. The molecule has 0 aromatic heterocycles. The van der Waals surface area contributed by atoms with Gasteiger partial charge in [-0.1, -0.05) is 36.4 Å². The number of nitrogens with one attached hydrogen (secondary N) is 1. The highest BCUT2D eigenvalue weighted by Gasteiger charge is 2.09. The van der Waals surface area contributed by atoms with Crippen molar-refractivity contribution in [2.75, 3.05) is 25.6 Å². The van der Waals surface area contributed by atoms with Gasteiger partial charge in [0.25, 0.3) is 0 Å². The van der Waals surface area contributed by atoms with E-state index in [0.717, 1.165) is 22.4 Å². The minimum absolute atomic E-state index is 0.135. The maximum absolute atomic E-state index is 11.9. The highest BCUT2D eigenvalue weighted by atomic mass is 16.6. The Balaban J connectivity index is 1.84. The summed E-state index contributed by atoms with van der Waals surface area (Å²) in [6.07, 6.45) is 3.44. The number of benzene rings is 2. The van der Waals surface area contributed by atoms with Crippen LogP contribution < -0.4 is 14.8 Å². The fraction of sp³-hybridized carbons (Fsp3) is 0.286. The molecule has 1 amide bonds. The molecule has 2 rings (SSSR count). The molecule has 0 saturated heterocycles. The SMILES string of the molecule is CC=Cc1ccc(OCCOC(=O)Nc2c(C)cccc2C)c(OC)c1. The molecule has 5 heteroatoms. The highest BCUT2D eigenvalue weighted by molar-refractivity contribution is 5.86. The predicted molar refractivity (Wildman–Crippen MR) is 104 cm³/mol. The number of carbonyl (C=O) groups is 1. The Kier molecular flexibility index (Phi) is 7.09. The molecule has 2 aromatic carbocycles. The number of methoxy groups -OCH3 is 1. The molecule has 0 fully saturated rings. The molecule has 0 bridgehead atoms. The Morgan fingerprint density at radius 3 is 2.46 bits per heavy atom. The third-order valence-corrected chi connectivity index (χ3v) is 3.83. The topological polar surface area (TPSA) is 56.8 Å². The smallest absolute Gasteiger partial charge is 0.411 e. The Morgan fingerprint density at radius 2 is 1.81 bits per heavy atom. The Bertz CT molecular complexity index is 763. The van der Waals surface area contributed by atoms with Crippen molar-refractivity contribution in [2.24, 2.45) is 0 Å². The van der Waals surface area contributed by atoms with E-state index >= 15 is 0 Å². The van der Waals surface area contributed by atoms with Crippen LogP contribution in [0.15, 0.2) is 42.5 Å². The number of para-hydroxylation sites is 1. The van der Waals surface area contributed by atoms with Gasteiger partial charge in [-0.3, -0.25) is 5.32 Å². The molecular weight excluding hydrogens is 330 g/mol. The summed E-state index contributed by atoms with van der Waals surface area (Å²) in [5.74, 6) is 1.25. The van der Waals surface area contributed by atoms with Gasteiger partial charge >= 0.3 is 6.09 Å². The summed E-state index contributed by atoms with van der Waals surface area (Å²) in [6, 6.07) is 11.5. The highest BCUT2D eigenvalue weighted by Crippen LogP contribution is 2.28. The van der Waals surface area contributed by atoms with Crippen molar-refractivity contribution in [1.82, 2.24) is 0 Å². The number of hydrogen-bond acceptors (Lipinski definition) is 4. The van der Waals surface area contributed by atoms with Gasteiger partial charge < -0.3 is 14.2 Å².